The molecule has 0 aliphatic carbocycles. The van der Waals surface area contributed by atoms with Crippen molar-refractivity contribution in [2.24, 2.45) is 0 Å². The van der Waals surface area contributed by atoms with Crippen LogP contribution in [0.15, 0.2) is 6.20 Å². The fourth-order valence-electron chi connectivity index (χ4n) is 1.39. The lowest BCUT2D eigenvalue weighted by Crippen LogP contribution is -2.21. The van der Waals surface area contributed by atoms with E-state index in [1.165, 1.54) is 6.20 Å². The van der Waals surface area contributed by atoms with Crippen LogP contribution in [-0.2, 0) is 6.61 Å². The van der Waals surface area contributed by atoms with Crippen LogP contribution in [0.2, 0.25) is 0 Å². The Morgan fingerprint density at radius 3 is 2.56 bits per heavy atom. The molecule has 0 radical (unpaired) electrons. The highest BCUT2D eigenvalue weighted by molar-refractivity contribution is 9.09. The van der Waals surface area contributed by atoms with E-state index in [0.717, 1.165) is 0 Å². The molecule has 0 fully saturated rings. The molecule has 1 aromatic rings. The minimum Gasteiger partial charge on any atom is -0.506 e. The lowest BCUT2D eigenvalue weighted by atomic mass is 9.99. The van der Waals surface area contributed by atoms with Crippen molar-refractivity contribution in [3.63, 3.8) is 0 Å². The van der Waals surface area contributed by atoms with Crippen LogP contribution in [0.4, 0.5) is 0 Å². The van der Waals surface area contributed by atoms with E-state index in [2.05, 4.69) is 20.9 Å². The molecule has 1 aromatic heterocycles. The van der Waals surface area contributed by atoms with Gasteiger partial charge in [-0.1, -0.05) is 15.9 Å². The fraction of sp³-hybridized carbons (Fsp3) is 0.500. The Hall–Kier alpha value is -0.690. The molecule has 0 amide bonds. The van der Waals surface area contributed by atoms with Gasteiger partial charge in [-0.2, -0.15) is 0 Å². The van der Waals surface area contributed by atoms with Crippen molar-refractivity contribution in [2.45, 2.75) is 25.7 Å². The van der Waals surface area contributed by atoms with E-state index in [4.69, 9.17) is 5.11 Å². The first-order chi connectivity index (χ1) is 7.52. The summed E-state index contributed by atoms with van der Waals surface area (Å²) in [6.07, 6.45) is -0.949. The number of hydrogen-bond donors (Lipinski definition) is 4. The SMILES string of the molecule is Cc1ncc(CO)c(C(O)C(O)CBr)c1O. The molecule has 0 bridgehead atoms. The summed E-state index contributed by atoms with van der Waals surface area (Å²) < 4.78 is 0. The molecule has 2 unspecified atom stereocenters. The molecule has 90 valence electrons. The van der Waals surface area contributed by atoms with Gasteiger partial charge in [-0.15, -0.1) is 0 Å². The van der Waals surface area contributed by atoms with Gasteiger partial charge in [0.05, 0.1) is 18.4 Å². The Kier molecular flexibility index (Phi) is 4.67. The predicted molar refractivity (Wildman–Crippen MR) is 61.3 cm³/mol. The van der Waals surface area contributed by atoms with E-state index in [0.29, 0.717) is 11.3 Å². The van der Waals surface area contributed by atoms with Crippen LogP contribution < -0.4 is 0 Å². The predicted octanol–water partition coefficient (Wildman–Crippen LogP) is 0.377. The van der Waals surface area contributed by atoms with Crippen molar-refractivity contribution in [1.29, 1.82) is 0 Å². The Morgan fingerprint density at radius 1 is 1.44 bits per heavy atom. The second kappa shape index (κ2) is 5.58. The maximum atomic E-state index is 9.83. The number of aliphatic hydroxyl groups is 3. The monoisotopic (exact) mass is 291 g/mol. The third kappa shape index (κ3) is 2.52. The number of alkyl halides is 1. The van der Waals surface area contributed by atoms with Crippen LogP contribution in [0.3, 0.4) is 0 Å². The van der Waals surface area contributed by atoms with Gasteiger partial charge in [0.15, 0.2) is 0 Å². The number of rotatable bonds is 4. The highest BCUT2D eigenvalue weighted by Gasteiger charge is 2.24. The van der Waals surface area contributed by atoms with Crippen LogP contribution in [0.5, 0.6) is 5.75 Å². The summed E-state index contributed by atoms with van der Waals surface area (Å²) in [6.45, 7) is 1.22. The smallest absolute Gasteiger partial charge is 0.143 e. The van der Waals surface area contributed by atoms with E-state index in [1.807, 2.05) is 0 Å². The second-order valence-electron chi connectivity index (χ2n) is 3.46. The van der Waals surface area contributed by atoms with Crippen LogP contribution in [0.1, 0.15) is 22.9 Å². The fourth-order valence-corrected chi connectivity index (χ4v) is 1.74. The zero-order valence-corrected chi connectivity index (χ0v) is 10.3. The van der Waals surface area contributed by atoms with Crippen LogP contribution in [0, 0.1) is 6.92 Å². The standard InChI is InChI=1S/C10H14BrNO4/c1-5-9(15)8(6(4-13)3-12-5)10(16)7(14)2-11/h3,7,10,13-16H,2,4H2,1H3. The first-order valence-corrected chi connectivity index (χ1v) is 5.85. The number of aliphatic hydroxyl groups excluding tert-OH is 3. The van der Waals surface area contributed by atoms with Crippen molar-refractivity contribution in [1.82, 2.24) is 4.98 Å². The lowest BCUT2D eigenvalue weighted by molar-refractivity contribution is 0.0313. The number of hydrogen-bond acceptors (Lipinski definition) is 5. The number of halogens is 1. The topological polar surface area (TPSA) is 93.8 Å². The second-order valence-corrected chi connectivity index (χ2v) is 4.10. The molecule has 0 spiro atoms. The Bertz CT molecular complexity index is 372. The number of nitrogens with zero attached hydrogens (tertiary/aromatic N) is 1. The normalized spacial score (nSPS) is 14.8. The average molecular weight is 292 g/mol. The van der Waals surface area contributed by atoms with Crippen molar-refractivity contribution in [3.05, 3.63) is 23.0 Å². The van der Waals surface area contributed by atoms with Crippen molar-refractivity contribution >= 4 is 15.9 Å². The first-order valence-electron chi connectivity index (χ1n) is 4.73. The summed E-state index contributed by atoms with van der Waals surface area (Å²) in [7, 11) is 0. The minimum atomic E-state index is -1.26. The van der Waals surface area contributed by atoms with Crippen LogP contribution in [0.25, 0.3) is 0 Å². The maximum absolute atomic E-state index is 9.83. The van der Waals surface area contributed by atoms with Gasteiger partial charge < -0.3 is 20.4 Å². The molecule has 16 heavy (non-hydrogen) atoms. The molecule has 1 rings (SSSR count). The summed E-state index contributed by atoms with van der Waals surface area (Å²) in [4.78, 5) is 3.86. The number of pyridine rings is 1. The Morgan fingerprint density at radius 2 is 2.06 bits per heavy atom. The third-order valence-corrected chi connectivity index (χ3v) is 3.01. The summed E-state index contributed by atoms with van der Waals surface area (Å²) in [6, 6.07) is 0. The van der Waals surface area contributed by atoms with Crippen molar-refractivity contribution in [2.75, 3.05) is 5.33 Å². The van der Waals surface area contributed by atoms with Crippen molar-refractivity contribution in [3.8, 4) is 5.75 Å². The summed E-state index contributed by atoms with van der Waals surface area (Å²) in [5.41, 5.74) is 0.769. The number of aromatic nitrogens is 1. The summed E-state index contributed by atoms with van der Waals surface area (Å²) >= 11 is 3.03. The molecule has 0 aromatic carbocycles. The molecule has 0 saturated carbocycles. The van der Waals surface area contributed by atoms with Gasteiger partial charge in [0, 0.05) is 22.7 Å². The van der Waals surface area contributed by atoms with Crippen LogP contribution >= 0.6 is 15.9 Å². The van der Waals surface area contributed by atoms with Gasteiger partial charge in [-0.3, -0.25) is 4.98 Å². The third-order valence-electron chi connectivity index (χ3n) is 2.35. The van der Waals surface area contributed by atoms with Gasteiger partial charge >= 0.3 is 0 Å². The van der Waals surface area contributed by atoms with Gasteiger partial charge in [0.1, 0.15) is 11.9 Å². The maximum Gasteiger partial charge on any atom is 0.143 e. The zero-order valence-electron chi connectivity index (χ0n) is 8.76. The van der Waals surface area contributed by atoms with Gasteiger partial charge in [-0.25, -0.2) is 0 Å². The van der Waals surface area contributed by atoms with Crippen LogP contribution in [-0.4, -0.2) is 36.8 Å². The molecule has 5 nitrogen and oxygen atoms in total. The molecular weight excluding hydrogens is 278 g/mol. The quantitative estimate of drug-likeness (QED) is 0.602. The minimum absolute atomic E-state index is 0.127. The molecular formula is C10H14BrNO4. The number of aryl methyl sites for hydroxylation is 1. The van der Waals surface area contributed by atoms with E-state index in [-0.39, 0.29) is 23.2 Å². The first kappa shape index (κ1) is 13.4. The molecule has 0 aliphatic heterocycles. The Labute approximate surface area is 102 Å². The molecule has 1 heterocycles. The van der Waals surface area contributed by atoms with Gasteiger partial charge in [-0.05, 0) is 6.92 Å². The highest BCUT2D eigenvalue weighted by atomic mass is 79.9. The largest absolute Gasteiger partial charge is 0.506 e. The molecule has 0 saturated heterocycles. The summed E-state index contributed by atoms with van der Waals surface area (Å²) in [5.74, 6) is -0.195. The average Bonchev–Trinajstić information content (AvgIpc) is 2.30. The van der Waals surface area contributed by atoms with E-state index in [1.54, 1.807) is 6.92 Å². The molecule has 2 atom stereocenters. The lowest BCUT2D eigenvalue weighted by Gasteiger charge is -2.20. The molecule has 4 N–H and O–H groups in total. The Balaban J connectivity index is 3.23. The van der Waals surface area contributed by atoms with Crippen molar-refractivity contribution < 1.29 is 20.4 Å². The zero-order chi connectivity index (χ0) is 12.3. The van der Waals surface area contributed by atoms with E-state index < -0.39 is 12.2 Å². The summed E-state index contributed by atoms with van der Waals surface area (Å²) in [5, 5.41) is 38.3. The van der Waals surface area contributed by atoms with Gasteiger partial charge in [0.2, 0.25) is 0 Å². The van der Waals surface area contributed by atoms with E-state index in [9.17, 15) is 15.3 Å². The number of aromatic hydroxyl groups is 1. The van der Waals surface area contributed by atoms with E-state index >= 15 is 0 Å². The molecule has 0 aliphatic rings. The molecule has 6 heteroatoms. The highest BCUT2D eigenvalue weighted by Crippen LogP contribution is 2.32. The van der Waals surface area contributed by atoms with Gasteiger partial charge in [0.25, 0.3) is 0 Å².